The van der Waals surface area contributed by atoms with Crippen molar-refractivity contribution in [3.05, 3.63) is 54.1 Å². The first-order valence-electron chi connectivity index (χ1n) is 7.81. The van der Waals surface area contributed by atoms with Crippen molar-refractivity contribution in [3.63, 3.8) is 0 Å². The van der Waals surface area contributed by atoms with Crippen molar-refractivity contribution in [1.82, 2.24) is 0 Å². The minimum Gasteiger partial charge on any atom is -0.477 e. The number of anilines is 2. The Morgan fingerprint density at radius 1 is 1.33 bits per heavy atom. The Morgan fingerprint density at radius 3 is 2.88 bits per heavy atom. The van der Waals surface area contributed by atoms with Crippen molar-refractivity contribution >= 4 is 34.6 Å². The molecule has 1 aliphatic rings. The molecule has 5 nitrogen and oxygen atoms in total. The van der Waals surface area contributed by atoms with Gasteiger partial charge in [-0.2, -0.15) is 0 Å². The zero-order valence-corrected chi connectivity index (χ0v) is 14.2. The predicted octanol–water partition coefficient (Wildman–Crippen LogP) is 2.70. The van der Waals surface area contributed by atoms with Crippen LogP contribution in [0, 0.1) is 0 Å². The number of rotatable bonds is 3. The van der Waals surface area contributed by atoms with Gasteiger partial charge in [0, 0.05) is 5.69 Å². The average Bonchev–Trinajstić information content (AvgIpc) is 2.60. The number of primary amides is 1. The second kappa shape index (κ2) is 6.88. The van der Waals surface area contributed by atoms with Gasteiger partial charge in [0.15, 0.2) is 11.2 Å². The van der Waals surface area contributed by atoms with Crippen LogP contribution in [0.2, 0.25) is 0 Å². The van der Waals surface area contributed by atoms with Crippen LogP contribution in [0.3, 0.4) is 0 Å². The van der Waals surface area contributed by atoms with Gasteiger partial charge in [-0.3, -0.25) is 4.79 Å². The molecule has 124 valence electrons. The molecule has 0 bridgehead atoms. The van der Waals surface area contributed by atoms with Gasteiger partial charge in [-0.25, -0.2) is 0 Å². The molecule has 1 atom stereocenters. The first-order chi connectivity index (χ1) is 11.6. The van der Waals surface area contributed by atoms with Crippen LogP contribution in [0.25, 0.3) is 0 Å². The standard InChI is InChI=1S/C18H19N3O2S/c1-2-12-6-5-7-13(10-12)20-18(24)21-11-16(17(19)22)23-15-9-4-3-8-14(15)21/h3-10,16H,2,11H2,1H3,(H2,19,22)(H,20,24)/t16-/m0/s1. The van der Waals surface area contributed by atoms with E-state index in [-0.39, 0.29) is 6.54 Å². The SMILES string of the molecule is CCc1cccc(NC(=S)N2C[C@@H](C(N)=O)Oc3ccccc32)c1. The summed E-state index contributed by atoms with van der Waals surface area (Å²) in [6, 6.07) is 15.5. The highest BCUT2D eigenvalue weighted by atomic mass is 32.1. The molecule has 3 N–H and O–H groups in total. The Labute approximate surface area is 146 Å². The second-order valence-electron chi connectivity index (χ2n) is 5.57. The molecule has 0 aliphatic carbocycles. The molecule has 1 aliphatic heterocycles. The lowest BCUT2D eigenvalue weighted by Crippen LogP contribution is -2.50. The molecule has 1 heterocycles. The molecule has 1 amide bonds. The summed E-state index contributed by atoms with van der Waals surface area (Å²) in [5.41, 5.74) is 8.38. The zero-order chi connectivity index (χ0) is 17.1. The number of fused-ring (bicyclic) bond motifs is 1. The molecule has 6 heteroatoms. The van der Waals surface area contributed by atoms with Gasteiger partial charge < -0.3 is 20.7 Å². The highest BCUT2D eigenvalue weighted by Gasteiger charge is 2.31. The number of para-hydroxylation sites is 2. The van der Waals surface area contributed by atoms with E-state index in [1.54, 1.807) is 6.07 Å². The summed E-state index contributed by atoms with van der Waals surface area (Å²) in [6.45, 7) is 2.39. The van der Waals surface area contributed by atoms with Gasteiger partial charge >= 0.3 is 0 Å². The van der Waals surface area contributed by atoms with Crippen LogP contribution in [-0.4, -0.2) is 23.7 Å². The van der Waals surface area contributed by atoms with Gasteiger partial charge in [-0.1, -0.05) is 31.2 Å². The third-order valence-corrected chi connectivity index (χ3v) is 4.25. The van der Waals surface area contributed by atoms with Crippen LogP contribution in [0.15, 0.2) is 48.5 Å². The topological polar surface area (TPSA) is 67.6 Å². The Balaban J connectivity index is 1.86. The molecule has 24 heavy (non-hydrogen) atoms. The van der Waals surface area contributed by atoms with Gasteiger partial charge in [0.05, 0.1) is 12.2 Å². The number of ether oxygens (including phenoxy) is 1. The van der Waals surface area contributed by atoms with E-state index in [2.05, 4.69) is 24.4 Å². The van der Waals surface area contributed by atoms with E-state index < -0.39 is 12.0 Å². The van der Waals surface area contributed by atoms with Crippen LogP contribution >= 0.6 is 12.2 Å². The smallest absolute Gasteiger partial charge is 0.260 e. The summed E-state index contributed by atoms with van der Waals surface area (Å²) in [5, 5.41) is 3.74. The van der Waals surface area contributed by atoms with E-state index in [4.69, 9.17) is 22.7 Å². The maximum atomic E-state index is 11.6. The fourth-order valence-corrected chi connectivity index (χ4v) is 2.93. The van der Waals surface area contributed by atoms with Gasteiger partial charge in [0.1, 0.15) is 5.75 Å². The fourth-order valence-electron chi connectivity index (χ4n) is 2.63. The Morgan fingerprint density at radius 2 is 2.12 bits per heavy atom. The number of hydrogen-bond donors (Lipinski definition) is 2. The molecule has 0 unspecified atom stereocenters. The van der Waals surface area contributed by atoms with Crippen molar-refractivity contribution < 1.29 is 9.53 Å². The first kappa shape index (κ1) is 16.3. The maximum Gasteiger partial charge on any atom is 0.260 e. The minimum atomic E-state index is -0.735. The van der Waals surface area contributed by atoms with Crippen molar-refractivity contribution in [2.75, 3.05) is 16.8 Å². The van der Waals surface area contributed by atoms with E-state index in [1.807, 2.05) is 35.2 Å². The molecule has 0 fully saturated rings. The molecule has 0 saturated heterocycles. The average molecular weight is 341 g/mol. The van der Waals surface area contributed by atoms with E-state index in [0.717, 1.165) is 17.8 Å². The summed E-state index contributed by atoms with van der Waals surface area (Å²) in [5.74, 6) is 0.0873. The molecule has 2 aromatic carbocycles. The number of carbonyl (C=O) groups excluding carboxylic acids is 1. The maximum absolute atomic E-state index is 11.6. The van der Waals surface area contributed by atoms with E-state index >= 15 is 0 Å². The van der Waals surface area contributed by atoms with Gasteiger partial charge in [-0.05, 0) is 48.5 Å². The Bertz CT molecular complexity index is 778. The number of benzene rings is 2. The van der Waals surface area contributed by atoms with Crippen molar-refractivity contribution in [1.29, 1.82) is 0 Å². The third kappa shape index (κ3) is 3.33. The molecule has 0 aromatic heterocycles. The highest BCUT2D eigenvalue weighted by molar-refractivity contribution is 7.80. The molecule has 2 aromatic rings. The second-order valence-corrected chi connectivity index (χ2v) is 5.96. The lowest BCUT2D eigenvalue weighted by molar-refractivity contribution is -0.124. The zero-order valence-electron chi connectivity index (χ0n) is 13.4. The van der Waals surface area contributed by atoms with Crippen LogP contribution < -0.4 is 20.7 Å². The summed E-state index contributed by atoms with van der Waals surface area (Å²) in [6.07, 6.45) is 0.216. The number of nitrogens with two attached hydrogens (primary N) is 1. The number of nitrogens with zero attached hydrogens (tertiary/aromatic N) is 1. The van der Waals surface area contributed by atoms with Gasteiger partial charge in [-0.15, -0.1) is 0 Å². The van der Waals surface area contributed by atoms with Gasteiger partial charge in [0.25, 0.3) is 5.91 Å². The lowest BCUT2D eigenvalue weighted by Gasteiger charge is -2.35. The monoisotopic (exact) mass is 341 g/mol. The highest BCUT2D eigenvalue weighted by Crippen LogP contribution is 2.33. The third-order valence-electron chi connectivity index (χ3n) is 3.92. The Kier molecular flexibility index (Phi) is 4.66. The molecular weight excluding hydrogens is 322 g/mol. The van der Waals surface area contributed by atoms with Crippen LogP contribution in [0.1, 0.15) is 12.5 Å². The number of aryl methyl sites for hydroxylation is 1. The summed E-state index contributed by atoms with van der Waals surface area (Å²) >= 11 is 5.56. The van der Waals surface area contributed by atoms with Crippen molar-refractivity contribution in [2.45, 2.75) is 19.4 Å². The quantitative estimate of drug-likeness (QED) is 0.840. The predicted molar refractivity (Wildman–Crippen MR) is 99.4 cm³/mol. The summed E-state index contributed by atoms with van der Waals surface area (Å²) in [4.78, 5) is 13.4. The van der Waals surface area contributed by atoms with Crippen LogP contribution in [0.5, 0.6) is 5.75 Å². The normalized spacial score (nSPS) is 16.0. The minimum absolute atomic E-state index is 0.283. The van der Waals surface area contributed by atoms with Crippen LogP contribution in [0.4, 0.5) is 11.4 Å². The molecule has 0 spiro atoms. The fraction of sp³-hybridized carbons (Fsp3) is 0.222. The Hall–Kier alpha value is -2.60. The number of nitrogens with one attached hydrogen (secondary N) is 1. The summed E-state index contributed by atoms with van der Waals surface area (Å²) < 4.78 is 5.66. The summed E-state index contributed by atoms with van der Waals surface area (Å²) in [7, 11) is 0. The first-order valence-corrected chi connectivity index (χ1v) is 8.21. The molecule has 0 radical (unpaired) electrons. The van der Waals surface area contributed by atoms with E-state index in [1.165, 1.54) is 5.56 Å². The van der Waals surface area contributed by atoms with E-state index in [9.17, 15) is 4.79 Å². The molecule has 3 rings (SSSR count). The van der Waals surface area contributed by atoms with Gasteiger partial charge in [0.2, 0.25) is 0 Å². The molecule has 0 saturated carbocycles. The number of thiocarbonyl (C=S) groups is 1. The largest absolute Gasteiger partial charge is 0.477 e. The van der Waals surface area contributed by atoms with Crippen LogP contribution in [-0.2, 0) is 11.2 Å². The number of amides is 1. The molecular formula is C18H19N3O2S. The number of carbonyl (C=O) groups is 1. The van der Waals surface area contributed by atoms with Crippen molar-refractivity contribution in [3.8, 4) is 5.75 Å². The van der Waals surface area contributed by atoms with Crippen molar-refractivity contribution in [2.24, 2.45) is 5.73 Å². The lowest BCUT2D eigenvalue weighted by atomic mass is 10.1. The number of hydrogen-bond acceptors (Lipinski definition) is 3. The van der Waals surface area contributed by atoms with E-state index in [0.29, 0.717) is 10.9 Å².